The molecule has 0 spiro atoms. The van der Waals surface area contributed by atoms with Crippen molar-refractivity contribution in [3.8, 4) is 0 Å². The molecule has 150 valence electrons. The Bertz CT molecular complexity index is 948. The van der Waals surface area contributed by atoms with Gasteiger partial charge in [0, 0.05) is 37.7 Å². The molecule has 0 radical (unpaired) electrons. The molecule has 2 heterocycles. The molecule has 29 heavy (non-hydrogen) atoms. The van der Waals surface area contributed by atoms with Gasteiger partial charge in [-0.25, -0.2) is 9.78 Å². The Morgan fingerprint density at radius 2 is 1.76 bits per heavy atom. The minimum atomic E-state index is -0.293. The van der Waals surface area contributed by atoms with E-state index in [0.717, 1.165) is 37.1 Å². The van der Waals surface area contributed by atoms with Gasteiger partial charge in [0.2, 0.25) is 5.91 Å². The second-order valence-corrected chi connectivity index (χ2v) is 8.23. The first kappa shape index (κ1) is 19.4. The number of para-hydroxylation sites is 2. The number of carbonyl (C=O) groups is 2. The van der Waals surface area contributed by atoms with Crippen LogP contribution in [0.1, 0.15) is 30.2 Å². The Hall–Kier alpha value is -2.93. The van der Waals surface area contributed by atoms with E-state index in [4.69, 9.17) is 4.98 Å². The lowest BCUT2D eigenvalue weighted by molar-refractivity contribution is -0.132. The van der Waals surface area contributed by atoms with Crippen LogP contribution in [-0.2, 0) is 4.79 Å². The van der Waals surface area contributed by atoms with Crippen molar-refractivity contribution in [2.45, 2.75) is 25.2 Å². The number of piperidine rings is 1. The summed E-state index contributed by atoms with van der Waals surface area (Å²) in [6.07, 6.45) is 2.19. The van der Waals surface area contributed by atoms with E-state index < -0.39 is 0 Å². The topological polar surface area (TPSA) is 74.3 Å². The van der Waals surface area contributed by atoms with Crippen LogP contribution in [0.5, 0.6) is 0 Å². The smallest absolute Gasteiger partial charge is 0.319 e. The third-order valence-corrected chi connectivity index (χ3v) is 6.36. The summed E-state index contributed by atoms with van der Waals surface area (Å²) in [6.45, 7) is 1.82. The summed E-state index contributed by atoms with van der Waals surface area (Å²) in [6, 6.07) is 17.2. The summed E-state index contributed by atoms with van der Waals surface area (Å²) >= 11 is 1.76. The highest BCUT2D eigenvalue weighted by Crippen LogP contribution is 2.33. The van der Waals surface area contributed by atoms with E-state index in [9.17, 15) is 9.59 Å². The lowest BCUT2D eigenvalue weighted by atomic mass is 9.97. The van der Waals surface area contributed by atoms with E-state index in [0.29, 0.717) is 18.9 Å². The zero-order valence-electron chi connectivity index (χ0n) is 16.1. The van der Waals surface area contributed by atoms with Crippen LogP contribution in [0.15, 0.2) is 54.6 Å². The first-order chi connectivity index (χ1) is 14.2. The number of carbonyl (C=O) groups excluding carboxylic acids is 2. The Balaban J connectivity index is 1.20. The first-order valence-electron chi connectivity index (χ1n) is 9.92. The number of hydrogen-bond donors (Lipinski definition) is 2. The minimum absolute atomic E-state index is 0.0905. The van der Waals surface area contributed by atoms with Gasteiger partial charge < -0.3 is 15.5 Å². The van der Waals surface area contributed by atoms with E-state index in [-0.39, 0.29) is 11.9 Å². The Morgan fingerprint density at radius 3 is 2.52 bits per heavy atom. The number of amides is 3. The second kappa shape index (κ2) is 9.05. The normalized spacial score (nSPS) is 14.7. The standard InChI is InChI=1S/C22H24N4O2S/c27-20(10-13-23-22(28)24-17-6-2-1-3-7-17)26-14-11-16(12-15-26)21-25-18-8-4-5-9-19(18)29-21/h1-9,16H,10-15H2,(H2,23,24,28). The number of anilines is 1. The zero-order valence-corrected chi connectivity index (χ0v) is 17.0. The molecule has 1 aliphatic rings. The van der Waals surface area contributed by atoms with E-state index in [1.165, 1.54) is 9.71 Å². The van der Waals surface area contributed by atoms with Crippen molar-refractivity contribution in [3.05, 3.63) is 59.6 Å². The average Bonchev–Trinajstić information content (AvgIpc) is 3.19. The summed E-state index contributed by atoms with van der Waals surface area (Å²) in [7, 11) is 0. The number of thiazole rings is 1. The van der Waals surface area contributed by atoms with Gasteiger partial charge in [-0.1, -0.05) is 30.3 Å². The number of hydrogen-bond acceptors (Lipinski definition) is 4. The van der Waals surface area contributed by atoms with Crippen molar-refractivity contribution in [3.63, 3.8) is 0 Å². The zero-order chi connectivity index (χ0) is 20.1. The molecule has 4 rings (SSSR count). The lowest BCUT2D eigenvalue weighted by Crippen LogP contribution is -2.40. The fourth-order valence-corrected chi connectivity index (χ4v) is 4.71. The molecule has 7 heteroatoms. The summed E-state index contributed by atoms with van der Waals surface area (Å²) in [5.41, 5.74) is 1.79. The fourth-order valence-electron chi connectivity index (χ4n) is 3.58. The van der Waals surface area contributed by atoms with Gasteiger partial charge in [-0.3, -0.25) is 4.79 Å². The Morgan fingerprint density at radius 1 is 1.03 bits per heavy atom. The van der Waals surface area contributed by atoms with Crippen LogP contribution in [0.2, 0.25) is 0 Å². The van der Waals surface area contributed by atoms with Crippen molar-refractivity contribution < 1.29 is 9.59 Å². The van der Waals surface area contributed by atoms with Crippen LogP contribution < -0.4 is 10.6 Å². The van der Waals surface area contributed by atoms with Crippen LogP contribution in [0.3, 0.4) is 0 Å². The summed E-state index contributed by atoms with van der Waals surface area (Å²) in [4.78, 5) is 31.0. The van der Waals surface area contributed by atoms with Gasteiger partial charge in [-0.05, 0) is 37.1 Å². The van der Waals surface area contributed by atoms with Crippen molar-refractivity contribution in [1.82, 2.24) is 15.2 Å². The van der Waals surface area contributed by atoms with E-state index in [1.807, 2.05) is 47.4 Å². The van der Waals surface area contributed by atoms with Crippen molar-refractivity contribution in [2.24, 2.45) is 0 Å². The molecule has 0 bridgehead atoms. The molecule has 0 aliphatic carbocycles. The number of benzene rings is 2. The number of likely N-dealkylation sites (tertiary alicyclic amines) is 1. The van der Waals surface area contributed by atoms with E-state index in [2.05, 4.69) is 22.8 Å². The van der Waals surface area contributed by atoms with Crippen LogP contribution >= 0.6 is 11.3 Å². The van der Waals surface area contributed by atoms with Crippen LogP contribution in [-0.4, -0.2) is 41.5 Å². The highest BCUT2D eigenvalue weighted by Gasteiger charge is 2.25. The summed E-state index contributed by atoms with van der Waals surface area (Å²) in [5, 5.41) is 6.67. The lowest BCUT2D eigenvalue weighted by Gasteiger charge is -2.31. The maximum absolute atomic E-state index is 12.5. The minimum Gasteiger partial charge on any atom is -0.343 e. The van der Waals surface area contributed by atoms with Gasteiger partial charge in [0.05, 0.1) is 15.2 Å². The maximum Gasteiger partial charge on any atom is 0.319 e. The van der Waals surface area contributed by atoms with Crippen LogP contribution in [0.25, 0.3) is 10.2 Å². The predicted molar refractivity (Wildman–Crippen MR) is 116 cm³/mol. The van der Waals surface area contributed by atoms with Crippen LogP contribution in [0, 0.1) is 0 Å². The van der Waals surface area contributed by atoms with Gasteiger partial charge in [0.25, 0.3) is 0 Å². The second-order valence-electron chi connectivity index (χ2n) is 7.17. The highest BCUT2D eigenvalue weighted by molar-refractivity contribution is 7.18. The van der Waals surface area contributed by atoms with Gasteiger partial charge >= 0.3 is 6.03 Å². The molecule has 1 fully saturated rings. The maximum atomic E-state index is 12.5. The van der Waals surface area contributed by atoms with Crippen LogP contribution in [0.4, 0.5) is 10.5 Å². The number of nitrogens with one attached hydrogen (secondary N) is 2. The van der Waals surface area contributed by atoms with E-state index in [1.54, 1.807) is 11.3 Å². The van der Waals surface area contributed by atoms with Crippen molar-refractivity contribution in [2.75, 3.05) is 25.0 Å². The number of rotatable bonds is 5. The largest absolute Gasteiger partial charge is 0.343 e. The predicted octanol–water partition coefficient (Wildman–Crippen LogP) is 4.21. The molecule has 2 N–H and O–H groups in total. The molecule has 0 atom stereocenters. The van der Waals surface area contributed by atoms with Gasteiger partial charge in [-0.2, -0.15) is 0 Å². The number of fused-ring (bicyclic) bond motifs is 1. The van der Waals surface area contributed by atoms with Gasteiger partial charge in [-0.15, -0.1) is 11.3 Å². The Kier molecular flexibility index (Phi) is 6.05. The summed E-state index contributed by atoms with van der Waals surface area (Å²) in [5.74, 6) is 0.513. The van der Waals surface area contributed by atoms with Crippen molar-refractivity contribution >= 4 is 39.2 Å². The fraction of sp³-hybridized carbons (Fsp3) is 0.318. The first-order valence-corrected chi connectivity index (χ1v) is 10.7. The molecule has 6 nitrogen and oxygen atoms in total. The highest BCUT2D eigenvalue weighted by atomic mass is 32.1. The molecule has 3 amide bonds. The average molecular weight is 409 g/mol. The molecule has 0 saturated carbocycles. The molecule has 0 unspecified atom stereocenters. The summed E-state index contributed by atoms with van der Waals surface area (Å²) < 4.78 is 1.22. The van der Waals surface area contributed by atoms with Crippen molar-refractivity contribution in [1.29, 1.82) is 0 Å². The molecule has 3 aromatic rings. The molecule has 1 aliphatic heterocycles. The quantitative estimate of drug-likeness (QED) is 0.664. The number of nitrogens with zero attached hydrogens (tertiary/aromatic N) is 2. The van der Waals surface area contributed by atoms with Gasteiger partial charge in [0.1, 0.15) is 0 Å². The third-order valence-electron chi connectivity index (χ3n) is 5.16. The molecule has 1 saturated heterocycles. The number of aromatic nitrogens is 1. The Labute approximate surface area is 173 Å². The molecule has 2 aromatic carbocycles. The monoisotopic (exact) mass is 408 g/mol. The van der Waals surface area contributed by atoms with Gasteiger partial charge in [0.15, 0.2) is 0 Å². The number of urea groups is 1. The van der Waals surface area contributed by atoms with E-state index >= 15 is 0 Å². The molecule has 1 aromatic heterocycles. The molecular weight excluding hydrogens is 384 g/mol. The SMILES string of the molecule is O=C(NCCC(=O)N1CCC(c2nc3ccccc3s2)CC1)Nc1ccccc1. The third kappa shape index (κ3) is 4.92. The molecular formula is C22H24N4O2S.